The quantitative estimate of drug-likeness (QED) is 0.623. The summed E-state index contributed by atoms with van der Waals surface area (Å²) in [6, 6.07) is 9.21. The fraction of sp³-hybridized carbons (Fsp3) is 0.400. The van der Waals surface area contributed by atoms with Crippen LogP contribution in [0.15, 0.2) is 42.5 Å². The Morgan fingerprint density at radius 1 is 1.15 bits per heavy atom. The van der Waals surface area contributed by atoms with Crippen molar-refractivity contribution in [3.8, 4) is 5.75 Å². The second-order valence-electron chi connectivity index (χ2n) is 6.33. The van der Waals surface area contributed by atoms with Crippen LogP contribution in [0, 0.1) is 11.7 Å². The Labute approximate surface area is 156 Å². The number of rotatable bonds is 9. The number of hydrogen-bond acceptors (Lipinski definition) is 3. The van der Waals surface area contributed by atoms with Crippen molar-refractivity contribution in [2.45, 2.75) is 32.7 Å². The first kappa shape index (κ1) is 21.2. The molecule has 3 nitrogen and oxygen atoms in total. The first-order chi connectivity index (χ1) is 12.8. The minimum atomic E-state index is -4.41. The number of aliphatic hydroxyl groups is 1. The minimum Gasteiger partial charge on any atom is -0.489 e. The number of hydrogen-bond donors (Lipinski definition) is 2. The molecule has 0 aliphatic carbocycles. The maximum Gasteiger partial charge on any atom is 0.416 e. The second-order valence-corrected chi connectivity index (χ2v) is 6.33. The van der Waals surface area contributed by atoms with Gasteiger partial charge < -0.3 is 15.2 Å². The summed E-state index contributed by atoms with van der Waals surface area (Å²) in [5, 5.41) is 12.2. The number of ether oxygens (including phenoxy) is 1. The topological polar surface area (TPSA) is 41.5 Å². The molecular formula is C20H23F4NO2. The van der Waals surface area contributed by atoms with E-state index in [1.807, 2.05) is 6.92 Å². The molecule has 0 amide bonds. The Hall–Kier alpha value is -2.12. The minimum absolute atomic E-state index is 0.0777. The van der Waals surface area contributed by atoms with Crippen molar-refractivity contribution in [2.75, 3.05) is 13.2 Å². The average Bonchev–Trinajstić information content (AvgIpc) is 2.64. The molecule has 0 heterocycles. The third kappa shape index (κ3) is 6.52. The van der Waals surface area contributed by atoms with Gasteiger partial charge in [0.2, 0.25) is 0 Å². The smallest absolute Gasteiger partial charge is 0.416 e. The van der Waals surface area contributed by atoms with Crippen LogP contribution < -0.4 is 10.1 Å². The molecular weight excluding hydrogens is 362 g/mol. The van der Waals surface area contributed by atoms with Crippen LogP contribution in [-0.2, 0) is 19.3 Å². The highest BCUT2D eigenvalue weighted by Gasteiger charge is 2.30. The van der Waals surface area contributed by atoms with E-state index in [1.165, 1.54) is 18.2 Å². The molecule has 148 valence electrons. The van der Waals surface area contributed by atoms with Gasteiger partial charge in [-0.15, -0.1) is 0 Å². The molecule has 2 rings (SSSR count). The molecule has 1 atom stereocenters. The zero-order valence-electron chi connectivity index (χ0n) is 15.0. The molecule has 2 N–H and O–H groups in total. The molecule has 0 aliphatic rings. The van der Waals surface area contributed by atoms with Gasteiger partial charge in [-0.3, -0.25) is 0 Å². The van der Waals surface area contributed by atoms with Gasteiger partial charge in [0.25, 0.3) is 0 Å². The van der Waals surface area contributed by atoms with E-state index in [4.69, 9.17) is 9.84 Å². The molecule has 7 heteroatoms. The molecule has 2 aromatic rings. The normalized spacial score (nSPS) is 12.8. The van der Waals surface area contributed by atoms with Gasteiger partial charge in [-0.25, -0.2) is 4.39 Å². The van der Waals surface area contributed by atoms with Crippen molar-refractivity contribution in [3.05, 3.63) is 65.0 Å². The molecule has 0 aliphatic heterocycles. The molecule has 0 fully saturated rings. The Bertz CT molecular complexity index is 730. The van der Waals surface area contributed by atoms with Crippen LogP contribution in [0.1, 0.15) is 30.0 Å². The second kappa shape index (κ2) is 9.71. The highest BCUT2D eigenvalue weighted by Crippen LogP contribution is 2.29. The van der Waals surface area contributed by atoms with Crippen LogP contribution >= 0.6 is 0 Å². The van der Waals surface area contributed by atoms with Crippen LogP contribution in [0.3, 0.4) is 0 Å². The van der Waals surface area contributed by atoms with Crippen LogP contribution in [-0.4, -0.2) is 18.3 Å². The van der Waals surface area contributed by atoms with Crippen LogP contribution in [0.25, 0.3) is 0 Å². The van der Waals surface area contributed by atoms with Crippen LogP contribution in [0.2, 0.25) is 0 Å². The van der Waals surface area contributed by atoms with E-state index in [1.54, 1.807) is 12.1 Å². The largest absolute Gasteiger partial charge is 0.489 e. The number of nitrogens with one attached hydrogen (secondary N) is 1. The summed E-state index contributed by atoms with van der Waals surface area (Å²) in [7, 11) is 0. The first-order valence-electron chi connectivity index (χ1n) is 8.72. The van der Waals surface area contributed by atoms with E-state index in [0.29, 0.717) is 24.2 Å². The van der Waals surface area contributed by atoms with Gasteiger partial charge in [0.05, 0.1) is 5.56 Å². The van der Waals surface area contributed by atoms with Crippen molar-refractivity contribution in [1.29, 1.82) is 0 Å². The third-order valence-electron chi connectivity index (χ3n) is 4.27. The van der Waals surface area contributed by atoms with Crippen molar-refractivity contribution < 1.29 is 27.4 Å². The highest BCUT2D eigenvalue weighted by atomic mass is 19.4. The Morgan fingerprint density at radius 3 is 2.56 bits per heavy atom. The maximum atomic E-state index is 14.2. The molecule has 0 radical (unpaired) electrons. The van der Waals surface area contributed by atoms with E-state index in [2.05, 4.69) is 5.32 Å². The van der Waals surface area contributed by atoms with Crippen molar-refractivity contribution >= 4 is 0 Å². The van der Waals surface area contributed by atoms with E-state index < -0.39 is 17.6 Å². The van der Waals surface area contributed by atoms with E-state index in [-0.39, 0.29) is 24.9 Å². The van der Waals surface area contributed by atoms with E-state index in [9.17, 15) is 17.6 Å². The van der Waals surface area contributed by atoms with Crippen molar-refractivity contribution in [1.82, 2.24) is 5.32 Å². The van der Waals surface area contributed by atoms with Gasteiger partial charge in [-0.05, 0) is 36.1 Å². The van der Waals surface area contributed by atoms with Gasteiger partial charge in [-0.1, -0.05) is 25.1 Å². The lowest BCUT2D eigenvalue weighted by molar-refractivity contribution is -0.137. The number of alkyl halides is 3. The lowest BCUT2D eigenvalue weighted by Gasteiger charge is -2.13. The lowest BCUT2D eigenvalue weighted by atomic mass is 10.1. The Kier molecular flexibility index (Phi) is 7.62. The molecule has 0 aromatic heterocycles. The molecule has 0 spiro atoms. The Morgan fingerprint density at radius 2 is 1.93 bits per heavy atom. The molecule has 1 unspecified atom stereocenters. The average molecular weight is 385 g/mol. The molecule has 0 bridgehead atoms. The summed E-state index contributed by atoms with van der Waals surface area (Å²) in [6.07, 6.45) is -3.59. The zero-order chi connectivity index (χ0) is 19.9. The highest BCUT2D eigenvalue weighted by molar-refractivity contribution is 5.30. The summed E-state index contributed by atoms with van der Waals surface area (Å²) in [6.45, 7) is 2.86. The van der Waals surface area contributed by atoms with E-state index in [0.717, 1.165) is 18.6 Å². The summed E-state index contributed by atoms with van der Waals surface area (Å²) >= 11 is 0. The molecule has 0 saturated carbocycles. The van der Waals surface area contributed by atoms with Gasteiger partial charge in [0.1, 0.15) is 18.2 Å². The predicted molar refractivity (Wildman–Crippen MR) is 94.7 cm³/mol. The monoisotopic (exact) mass is 385 g/mol. The fourth-order valence-electron chi connectivity index (χ4n) is 2.51. The standard InChI is InChI=1S/C20H23F4NO2/c1-2-14(12-26)10-25-11-16-6-7-18(9-19(16)21)27-13-15-4-3-5-17(8-15)20(22,23)24/h3-9,14,25-26H,2,10-13H2,1H3. The van der Waals surface area contributed by atoms with Crippen LogP contribution in [0.4, 0.5) is 17.6 Å². The predicted octanol–water partition coefficient (Wildman–Crippen LogP) is 4.53. The van der Waals surface area contributed by atoms with E-state index >= 15 is 0 Å². The number of halogens is 4. The summed E-state index contributed by atoms with van der Waals surface area (Å²) in [4.78, 5) is 0. The Balaban J connectivity index is 1.92. The third-order valence-corrected chi connectivity index (χ3v) is 4.27. The number of aliphatic hydroxyl groups excluding tert-OH is 1. The van der Waals surface area contributed by atoms with Gasteiger partial charge in [0, 0.05) is 31.3 Å². The molecule has 2 aromatic carbocycles. The zero-order valence-corrected chi connectivity index (χ0v) is 15.0. The summed E-state index contributed by atoms with van der Waals surface area (Å²) in [5.41, 5.74) is 0.0595. The maximum absolute atomic E-state index is 14.2. The van der Waals surface area contributed by atoms with Crippen LogP contribution in [0.5, 0.6) is 5.75 Å². The first-order valence-corrected chi connectivity index (χ1v) is 8.72. The molecule has 0 saturated heterocycles. The van der Waals surface area contributed by atoms with Gasteiger partial charge in [-0.2, -0.15) is 13.2 Å². The number of benzene rings is 2. The fourth-order valence-corrected chi connectivity index (χ4v) is 2.51. The summed E-state index contributed by atoms with van der Waals surface area (Å²) in [5.74, 6) is -0.0836. The van der Waals surface area contributed by atoms with Crippen molar-refractivity contribution in [2.24, 2.45) is 5.92 Å². The lowest BCUT2D eigenvalue weighted by Crippen LogP contribution is -2.24. The molecule has 27 heavy (non-hydrogen) atoms. The van der Waals surface area contributed by atoms with Gasteiger partial charge >= 0.3 is 6.18 Å². The summed E-state index contributed by atoms with van der Waals surface area (Å²) < 4.78 is 57.7. The SMILES string of the molecule is CCC(CO)CNCc1ccc(OCc2cccc(C(F)(F)F)c2)cc1F. The van der Waals surface area contributed by atoms with Gasteiger partial charge in [0.15, 0.2) is 0 Å². The van der Waals surface area contributed by atoms with Crippen molar-refractivity contribution in [3.63, 3.8) is 0 Å².